The molecule has 0 saturated heterocycles. The van der Waals surface area contributed by atoms with Crippen molar-refractivity contribution < 1.29 is 18.3 Å². The fourth-order valence-corrected chi connectivity index (χ4v) is 4.36. The summed E-state index contributed by atoms with van der Waals surface area (Å²) in [6.07, 6.45) is 2.58. The zero-order valence-electron chi connectivity index (χ0n) is 14.3. The highest BCUT2D eigenvalue weighted by Crippen LogP contribution is 2.30. The molecule has 0 bridgehead atoms. The number of nitrogens with zero attached hydrogens (tertiary/aromatic N) is 1. The first-order valence-corrected chi connectivity index (χ1v) is 9.67. The lowest BCUT2D eigenvalue weighted by molar-refractivity contribution is -0.137. The van der Waals surface area contributed by atoms with E-state index in [0.29, 0.717) is 24.0 Å². The van der Waals surface area contributed by atoms with Crippen LogP contribution in [0, 0.1) is 6.92 Å². The van der Waals surface area contributed by atoms with Crippen LogP contribution in [0.5, 0.6) is 0 Å². The highest BCUT2D eigenvalue weighted by atomic mass is 32.2. The molecule has 6 nitrogen and oxygen atoms in total. The molecule has 1 aromatic heterocycles. The Hall–Kier alpha value is -2.80. The van der Waals surface area contributed by atoms with Gasteiger partial charge in [0.05, 0.1) is 16.1 Å². The Morgan fingerprint density at radius 1 is 1.12 bits per heavy atom. The monoisotopic (exact) mass is 372 g/mol. The predicted octanol–water partition coefficient (Wildman–Crippen LogP) is 3.18. The van der Waals surface area contributed by atoms with Gasteiger partial charge in [-0.25, -0.2) is 12.4 Å². The largest absolute Gasteiger partial charge is 0.481 e. The van der Waals surface area contributed by atoms with Gasteiger partial charge in [-0.3, -0.25) is 4.79 Å². The van der Waals surface area contributed by atoms with Crippen LogP contribution in [0.3, 0.4) is 0 Å². The second kappa shape index (κ2) is 6.84. The summed E-state index contributed by atoms with van der Waals surface area (Å²) in [7, 11) is -3.77. The van der Waals surface area contributed by atoms with E-state index in [2.05, 4.69) is 0 Å². The summed E-state index contributed by atoms with van der Waals surface area (Å²) in [6.45, 7) is 1.89. The molecule has 0 spiro atoms. The van der Waals surface area contributed by atoms with Gasteiger partial charge < -0.3 is 10.8 Å². The van der Waals surface area contributed by atoms with E-state index in [4.69, 9.17) is 10.8 Å². The first-order valence-electron chi connectivity index (χ1n) is 8.23. The van der Waals surface area contributed by atoms with Crippen LogP contribution < -0.4 is 5.73 Å². The van der Waals surface area contributed by atoms with Crippen molar-refractivity contribution >= 4 is 32.6 Å². The van der Waals surface area contributed by atoms with Gasteiger partial charge >= 0.3 is 5.97 Å². The zero-order chi connectivity index (χ0) is 18.9. The van der Waals surface area contributed by atoms with Crippen molar-refractivity contribution in [1.29, 1.82) is 0 Å². The van der Waals surface area contributed by atoms with Crippen molar-refractivity contribution in [3.05, 3.63) is 59.8 Å². The maximum Gasteiger partial charge on any atom is 0.303 e. The first-order chi connectivity index (χ1) is 12.3. The lowest BCUT2D eigenvalue weighted by Gasteiger charge is -2.11. The summed E-state index contributed by atoms with van der Waals surface area (Å²) < 4.78 is 27.2. The third kappa shape index (κ3) is 3.30. The van der Waals surface area contributed by atoms with Crippen LogP contribution in [0.25, 0.3) is 10.9 Å². The lowest BCUT2D eigenvalue weighted by atomic mass is 10.0. The average molecular weight is 372 g/mol. The molecule has 3 aromatic rings. The molecule has 0 unspecified atom stereocenters. The molecule has 0 radical (unpaired) electrons. The van der Waals surface area contributed by atoms with Gasteiger partial charge in [-0.05, 0) is 49.6 Å². The molecule has 3 rings (SSSR count). The van der Waals surface area contributed by atoms with Gasteiger partial charge in [-0.1, -0.05) is 23.8 Å². The fourth-order valence-electron chi connectivity index (χ4n) is 2.99. The minimum absolute atomic E-state index is 0.0637. The third-order valence-electron chi connectivity index (χ3n) is 4.35. The first kappa shape index (κ1) is 18.0. The molecule has 0 amide bonds. The minimum atomic E-state index is -3.77. The Kier molecular flexibility index (Phi) is 4.73. The number of fused-ring (bicyclic) bond motifs is 1. The quantitative estimate of drug-likeness (QED) is 0.647. The average Bonchev–Trinajstić information content (AvgIpc) is 3.04. The van der Waals surface area contributed by atoms with Gasteiger partial charge in [0, 0.05) is 18.0 Å². The molecule has 0 atom stereocenters. The number of rotatable bonds is 6. The van der Waals surface area contributed by atoms with E-state index >= 15 is 0 Å². The Morgan fingerprint density at radius 2 is 1.81 bits per heavy atom. The van der Waals surface area contributed by atoms with Gasteiger partial charge in [-0.2, -0.15) is 0 Å². The number of carboxylic acids is 1. The van der Waals surface area contributed by atoms with Gasteiger partial charge in [0.2, 0.25) is 0 Å². The Labute approximate surface area is 151 Å². The Morgan fingerprint density at radius 3 is 2.46 bits per heavy atom. The number of hydrogen-bond acceptors (Lipinski definition) is 4. The lowest BCUT2D eigenvalue weighted by Crippen LogP contribution is -2.12. The van der Waals surface area contributed by atoms with Gasteiger partial charge in [0.15, 0.2) is 0 Å². The van der Waals surface area contributed by atoms with Crippen molar-refractivity contribution in [2.24, 2.45) is 0 Å². The molecule has 7 heteroatoms. The molecule has 0 aliphatic carbocycles. The summed E-state index contributed by atoms with van der Waals surface area (Å²) in [5, 5.41) is 9.53. The van der Waals surface area contributed by atoms with Crippen LogP contribution in [-0.2, 0) is 21.2 Å². The van der Waals surface area contributed by atoms with Gasteiger partial charge in [-0.15, -0.1) is 0 Å². The number of aromatic nitrogens is 1. The number of nitrogen functional groups attached to an aromatic ring is 1. The van der Waals surface area contributed by atoms with Crippen molar-refractivity contribution in [3.8, 4) is 0 Å². The highest BCUT2D eigenvalue weighted by Gasteiger charge is 2.21. The van der Waals surface area contributed by atoms with Crippen molar-refractivity contribution in [3.63, 3.8) is 0 Å². The molecule has 0 aliphatic heterocycles. The van der Waals surface area contributed by atoms with Crippen molar-refractivity contribution in [2.45, 2.75) is 31.1 Å². The summed E-state index contributed by atoms with van der Waals surface area (Å²) in [5.74, 6) is -0.851. The van der Waals surface area contributed by atoms with Crippen LogP contribution in [-0.4, -0.2) is 23.5 Å². The molecular formula is C19H20N2O4S. The van der Waals surface area contributed by atoms with E-state index in [-0.39, 0.29) is 11.3 Å². The van der Waals surface area contributed by atoms with Crippen LogP contribution in [0.4, 0.5) is 5.69 Å². The van der Waals surface area contributed by atoms with Crippen LogP contribution in [0.1, 0.15) is 24.0 Å². The number of anilines is 1. The molecule has 0 aliphatic rings. The minimum Gasteiger partial charge on any atom is -0.481 e. The maximum atomic E-state index is 13.0. The van der Waals surface area contributed by atoms with Gasteiger partial charge in [0.1, 0.15) is 0 Å². The van der Waals surface area contributed by atoms with Crippen molar-refractivity contribution in [1.82, 2.24) is 3.97 Å². The van der Waals surface area contributed by atoms with Crippen LogP contribution in [0.15, 0.2) is 53.6 Å². The topological polar surface area (TPSA) is 102 Å². The molecule has 26 heavy (non-hydrogen) atoms. The molecule has 0 fully saturated rings. The van der Waals surface area contributed by atoms with E-state index in [9.17, 15) is 13.2 Å². The normalized spacial score (nSPS) is 11.7. The van der Waals surface area contributed by atoms with Crippen LogP contribution >= 0.6 is 0 Å². The van der Waals surface area contributed by atoms with Crippen molar-refractivity contribution in [2.75, 3.05) is 5.73 Å². The molecule has 1 heterocycles. The van der Waals surface area contributed by atoms with E-state index in [1.54, 1.807) is 36.4 Å². The predicted molar refractivity (Wildman–Crippen MR) is 101 cm³/mol. The highest BCUT2D eigenvalue weighted by molar-refractivity contribution is 7.90. The second-order valence-electron chi connectivity index (χ2n) is 6.25. The van der Waals surface area contributed by atoms with Crippen LogP contribution in [0.2, 0.25) is 0 Å². The summed E-state index contributed by atoms with van der Waals surface area (Å²) >= 11 is 0. The Balaban J connectivity index is 2.07. The standard InChI is InChI=1S/C19H20N2O4S/c1-13-5-8-15(9-6-13)26(24,25)21-12-11-16-14(3-2-4-18(22)23)7-10-17(20)19(16)21/h5-12H,2-4,20H2,1H3,(H,22,23). The smallest absolute Gasteiger partial charge is 0.303 e. The number of carbonyl (C=O) groups is 1. The summed E-state index contributed by atoms with van der Waals surface area (Å²) in [5.41, 5.74) is 8.72. The SMILES string of the molecule is Cc1ccc(S(=O)(=O)n2ccc3c(CCCC(=O)O)ccc(N)c32)cc1. The fraction of sp³-hybridized carbons (Fsp3) is 0.211. The van der Waals surface area contributed by atoms with Gasteiger partial charge in [0.25, 0.3) is 10.0 Å². The number of nitrogens with two attached hydrogens (primary N) is 1. The third-order valence-corrected chi connectivity index (χ3v) is 6.04. The van der Waals surface area contributed by atoms with E-state index < -0.39 is 16.0 Å². The summed E-state index contributed by atoms with van der Waals surface area (Å²) in [6, 6.07) is 11.8. The number of aliphatic carboxylic acids is 1. The zero-order valence-corrected chi connectivity index (χ0v) is 15.2. The molecule has 0 saturated carbocycles. The number of carboxylic acid groups (broad SMARTS) is 1. The number of aryl methyl sites for hydroxylation is 2. The number of benzene rings is 2. The maximum absolute atomic E-state index is 13.0. The molecule has 136 valence electrons. The molecule has 2 aromatic carbocycles. The molecule has 3 N–H and O–H groups in total. The van der Waals surface area contributed by atoms with E-state index in [0.717, 1.165) is 16.5 Å². The van der Waals surface area contributed by atoms with E-state index in [1.165, 1.54) is 10.2 Å². The summed E-state index contributed by atoms with van der Waals surface area (Å²) in [4.78, 5) is 10.9. The van der Waals surface area contributed by atoms with E-state index in [1.807, 2.05) is 13.0 Å². The Bertz CT molecular complexity index is 1070. The second-order valence-corrected chi connectivity index (χ2v) is 8.07. The molecular weight excluding hydrogens is 352 g/mol. The number of hydrogen-bond donors (Lipinski definition) is 2.